The number of hydrogen-bond donors (Lipinski definition) is 2. The van der Waals surface area contributed by atoms with Crippen LogP contribution in [0.3, 0.4) is 0 Å². The normalized spacial score (nSPS) is 12.3. The van der Waals surface area contributed by atoms with E-state index in [-0.39, 0.29) is 10.0 Å². The summed E-state index contributed by atoms with van der Waals surface area (Å²) in [5.74, 6) is 0. The molecule has 0 aliphatic rings. The van der Waals surface area contributed by atoms with Crippen LogP contribution >= 0.6 is 23.2 Å². The first-order chi connectivity index (χ1) is 10.9. The van der Waals surface area contributed by atoms with Gasteiger partial charge in [0.15, 0.2) is 0 Å². The van der Waals surface area contributed by atoms with Gasteiger partial charge in [0.05, 0.1) is 28.2 Å². The molecule has 130 valence electrons. The molecule has 3 N–H and O–H groups in total. The molecule has 0 heterocycles. The SMILES string of the molecule is Nc1c(Nc2ccc(Cl)cc2C(F)(F)F)cc(Cl)cc1C(F)(F)F. The highest BCUT2D eigenvalue weighted by Crippen LogP contribution is 2.42. The van der Waals surface area contributed by atoms with Crippen molar-refractivity contribution in [1.82, 2.24) is 0 Å². The zero-order valence-corrected chi connectivity index (χ0v) is 13.0. The van der Waals surface area contributed by atoms with E-state index in [1.54, 1.807) is 0 Å². The fourth-order valence-corrected chi connectivity index (χ4v) is 2.35. The molecule has 2 aromatic carbocycles. The molecule has 2 aromatic rings. The molecule has 2 nitrogen and oxygen atoms in total. The summed E-state index contributed by atoms with van der Waals surface area (Å²) in [6.45, 7) is 0. The maximum atomic E-state index is 13.0. The molecule has 0 bridgehead atoms. The lowest BCUT2D eigenvalue weighted by Gasteiger charge is -2.18. The van der Waals surface area contributed by atoms with Crippen molar-refractivity contribution in [3.8, 4) is 0 Å². The second kappa shape index (κ2) is 6.25. The lowest BCUT2D eigenvalue weighted by Crippen LogP contribution is -2.12. The number of nitrogen functional groups attached to an aromatic ring is 1. The van der Waals surface area contributed by atoms with E-state index in [1.807, 2.05) is 0 Å². The molecule has 0 fully saturated rings. The molecule has 0 spiro atoms. The van der Waals surface area contributed by atoms with Crippen LogP contribution in [0.1, 0.15) is 11.1 Å². The minimum Gasteiger partial charge on any atom is -0.397 e. The van der Waals surface area contributed by atoms with Crippen LogP contribution in [0.25, 0.3) is 0 Å². The second-order valence-electron chi connectivity index (χ2n) is 4.73. The predicted octanol–water partition coefficient (Wildman–Crippen LogP) is 6.36. The van der Waals surface area contributed by atoms with Gasteiger partial charge in [-0.3, -0.25) is 0 Å². The van der Waals surface area contributed by atoms with Gasteiger partial charge in [0.2, 0.25) is 0 Å². The Kier molecular flexibility index (Phi) is 4.83. The molecule has 0 aromatic heterocycles. The van der Waals surface area contributed by atoms with Crippen LogP contribution in [0.2, 0.25) is 10.0 Å². The summed E-state index contributed by atoms with van der Waals surface area (Å²) in [7, 11) is 0. The lowest BCUT2D eigenvalue weighted by molar-refractivity contribution is -0.137. The molecule has 0 radical (unpaired) electrons. The van der Waals surface area contributed by atoms with E-state index >= 15 is 0 Å². The predicted molar refractivity (Wildman–Crippen MR) is 80.6 cm³/mol. The fraction of sp³-hybridized carbons (Fsp3) is 0.143. The Morgan fingerprint density at radius 2 is 1.29 bits per heavy atom. The summed E-state index contributed by atoms with van der Waals surface area (Å²) in [5, 5.41) is 1.73. The van der Waals surface area contributed by atoms with Crippen molar-refractivity contribution < 1.29 is 26.3 Å². The zero-order chi connectivity index (χ0) is 18.3. The highest BCUT2D eigenvalue weighted by Gasteiger charge is 2.36. The zero-order valence-electron chi connectivity index (χ0n) is 11.5. The van der Waals surface area contributed by atoms with Crippen molar-refractivity contribution in [3.63, 3.8) is 0 Å². The van der Waals surface area contributed by atoms with E-state index < -0.39 is 40.5 Å². The third-order valence-electron chi connectivity index (χ3n) is 3.01. The van der Waals surface area contributed by atoms with Crippen molar-refractivity contribution in [2.75, 3.05) is 11.1 Å². The minimum absolute atomic E-state index is 0.178. The van der Waals surface area contributed by atoms with Gasteiger partial charge < -0.3 is 11.1 Å². The van der Waals surface area contributed by atoms with Crippen LogP contribution in [0.5, 0.6) is 0 Å². The maximum Gasteiger partial charge on any atom is 0.418 e. The fourth-order valence-electron chi connectivity index (χ4n) is 1.96. The number of nitrogens with one attached hydrogen (secondary N) is 1. The van der Waals surface area contributed by atoms with E-state index in [0.717, 1.165) is 18.2 Å². The first-order valence-corrected chi connectivity index (χ1v) is 6.95. The van der Waals surface area contributed by atoms with E-state index in [9.17, 15) is 26.3 Å². The first-order valence-electron chi connectivity index (χ1n) is 6.19. The number of halogens is 8. The Balaban J connectivity index is 2.56. The van der Waals surface area contributed by atoms with E-state index in [4.69, 9.17) is 28.9 Å². The molecule has 24 heavy (non-hydrogen) atoms. The van der Waals surface area contributed by atoms with Gasteiger partial charge in [-0.15, -0.1) is 0 Å². The van der Waals surface area contributed by atoms with Crippen molar-refractivity contribution in [2.24, 2.45) is 0 Å². The topological polar surface area (TPSA) is 38.0 Å². The molecule has 0 atom stereocenters. The monoisotopic (exact) mass is 388 g/mol. The standard InChI is InChI=1S/C14H8Cl2F6N2/c15-6-1-2-10(8(3-6)13(17,18)19)24-11-5-7(16)4-9(12(11)23)14(20,21)22/h1-5,24H,23H2. The maximum absolute atomic E-state index is 13.0. The number of alkyl halides is 6. The van der Waals surface area contributed by atoms with Crippen molar-refractivity contribution in [1.29, 1.82) is 0 Å². The Bertz CT molecular complexity index is 771. The van der Waals surface area contributed by atoms with Crippen LogP contribution in [-0.2, 0) is 12.4 Å². The number of rotatable bonds is 2. The van der Waals surface area contributed by atoms with Crippen LogP contribution in [0, 0.1) is 0 Å². The molecule has 0 unspecified atom stereocenters. The van der Waals surface area contributed by atoms with Crippen molar-refractivity contribution in [2.45, 2.75) is 12.4 Å². The number of anilines is 3. The number of nitrogens with two attached hydrogens (primary N) is 1. The lowest BCUT2D eigenvalue weighted by atomic mass is 10.1. The third-order valence-corrected chi connectivity index (χ3v) is 3.46. The second-order valence-corrected chi connectivity index (χ2v) is 5.60. The summed E-state index contributed by atoms with van der Waals surface area (Å²) in [6, 6.07) is 4.38. The molecular formula is C14H8Cl2F6N2. The van der Waals surface area contributed by atoms with Crippen LogP contribution in [0.4, 0.5) is 43.4 Å². The smallest absolute Gasteiger partial charge is 0.397 e. The molecule has 2 rings (SSSR count). The molecular weight excluding hydrogens is 381 g/mol. The summed E-state index contributed by atoms with van der Waals surface area (Å²) in [4.78, 5) is 0. The molecule has 0 aliphatic heterocycles. The van der Waals surface area contributed by atoms with Crippen molar-refractivity contribution >= 4 is 40.3 Å². The first kappa shape index (κ1) is 18.5. The van der Waals surface area contributed by atoms with Gasteiger partial charge in [-0.25, -0.2) is 0 Å². The highest BCUT2D eigenvalue weighted by atomic mass is 35.5. The average molecular weight is 389 g/mol. The quantitative estimate of drug-likeness (QED) is 0.464. The Hall–Kier alpha value is -1.80. The largest absolute Gasteiger partial charge is 0.418 e. The Morgan fingerprint density at radius 3 is 1.83 bits per heavy atom. The van der Waals surface area contributed by atoms with Gasteiger partial charge in [-0.2, -0.15) is 26.3 Å². The van der Waals surface area contributed by atoms with Gasteiger partial charge in [0.1, 0.15) is 0 Å². The molecule has 10 heteroatoms. The molecule has 0 saturated carbocycles. The summed E-state index contributed by atoms with van der Waals surface area (Å²) < 4.78 is 77.8. The van der Waals surface area contributed by atoms with Gasteiger partial charge in [-0.05, 0) is 30.3 Å². The van der Waals surface area contributed by atoms with Gasteiger partial charge >= 0.3 is 12.4 Å². The minimum atomic E-state index is -4.81. The van der Waals surface area contributed by atoms with E-state index in [2.05, 4.69) is 5.32 Å². The summed E-state index contributed by atoms with van der Waals surface area (Å²) >= 11 is 11.2. The van der Waals surface area contributed by atoms with Crippen LogP contribution < -0.4 is 11.1 Å². The number of hydrogen-bond acceptors (Lipinski definition) is 2. The summed E-state index contributed by atoms with van der Waals surface area (Å²) in [5.41, 5.74) is 1.35. The van der Waals surface area contributed by atoms with Gasteiger partial charge in [0, 0.05) is 10.0 Å². The average Bonchev–Trinajstić information content (AvgIpc) is 2.42. The van der Waals surface area contributed by atoms with Crippen LogP contribution in [-0.4, -0.2) is 0 Å². The van der Waals surface area contributed by atoms with E-state index in [1.165, 1.54) is 0 Å². The van der Waals surface area contributed by atoms with Crippen LogP contribution in [0.15, 0.2) is 30.3 Å². The third kappa shape index (κ3) is 3.99. The van der Waals surface area contributed by atoms with Crippen molar-refractivity contribution in [3.05, 3.63) is 51.5 Å². The van der Waals surface area contributed by atoms with Gasteiger partial charge in [-0.1, -0.05) is 23.2 Å². The molecule has 0 aliphatic carbocycles. The molecule has 0 saturated heterocycles. The molecule has 0 amide bonds. The highest BCUT2D eigenvalue weighted by molar-refractivity contribution is 6.31. The Morgan fingerprint density at radius 1 is 0.750 bits per heavy atom. The van der Waals surface area contributed by atoms with E-state index in [0.29, 0.717) is 12.1 Å². The Labute approximate surface area is 142 Å². The van der Waals surface area contributed by atoms with Gasteiger partial charge in [0.25, 0.3) is 0 Å². The number of benzene rings is 2. The summed E-state index contributed by atoms with van der Waals surface area (Å²) in [6.07, 6.45) is -9.58.